The summed E-state index contributed by atoms with van der Waals surface area (Å²) in [5.41, 5.74) is 1.57. The number of benzene rings is 3. The molecular weight excluding hydrogens is 475 g/mol. The lowest BCUT2D eigenvalue weighted by Gasteiger charge is -2.26. The number of carbonyl (C=O) groups is 2. The molecule has 5 rings (SSSR count). The van der Waals surface area contributed by atoms with E-state index in [9.17, 15) is 27.9 Å². The van der Waals surface area contributed by atoms with Gasteiger partial charge in [0, 0.05) is 17.3 Å². The molecule has 9 heteroatoms. The number of Topliss-reactive ketones (excluding diaryl/α,β-unsaturated/α-hetero) is 1. The summed E-state index contributed by atoms with van der Waals surface area (Å²) in [6, 6.07) is 17.3. The highest BCUT2D eigenvalue weighted by Crippen LogP contribution is 2.43. The molecule has 1 atom stereocenters. The van der Waals surface area contributed by atoms with Crippen molar-refractivity contribution in [3.05, 3.63) is 95.1 Å². The molecule has 1 unspecified atom stereocenters. The van der Waals surface area contributed by atoms with E-state index in [1.807, 2.05) is 0 Å². The predicted octanol–water partition coefficient (Wildman–Crippen LogP) is 5.54. The second-order valence-electron chi connectivity index (χ2n) is 8.40. The van der Waals surface area contributed by atoms with Crippen LogP contribution in [0, 0.1) is 0 Å². The molecule has 36 heavy (non-hydrogen) atoms. The molecule has 0 saturated carbocycles. The van der Waals surface area contributed by atoms with Crippen LogP contribution in [0.4, 0.5) is 18.9 Å². The number of aliphatic hydroxyl groups is 1. The van der Waals surface area contributed by atoms with Crippen LogP contribution < -0.4 is 14.4 Å². The van der Waals surface area contributed by atoms with Crippen molar-refractivity contribution in [2.75, 3.05) is 11.5 Å². The third-order valence-electron chi connectivity index (χ3n) is 6.07. The first kappa shape index (κ1) is 23.5. The van der Waals surface area contributed by atoms with Gasteiger partial charge in [0.1, 0.15) is 17.3 Å². The Hall–Kier alpha value is -4.27. The van der Waals surface area contributed by atoms with Gasteiger partial charge in [-0.25, -0.2) is 0 Å². The van der Waals surface area contributed by atoms with Gasteiger partial charge in [-0.3, -0.25) is 14.5 Å². The summed E-state index contributed by atoms with van der Waals surface area (Å²) in [6.07, 6.45) is -3.39. The third-order valence-corrected chi connectivity index (χ3v) is 6.07. The Morgan fingerprint density at radius 3 is 2.53 bits per heavy atom. The highest BCUT2D eigenvalue weighted by Gasteiger charge is 2.47. The van der Waals surface area contributed by atoms with Gasteiger partial charge >= 0.3 is 6.36 Å². The maximum atomic E-state index is 13.2. The number of ketones is 1. The minimum Gasteiger partial charge on any atom is -0.507 e. The van der Waals surface area contributed by atoms with Crippen LogP contribution in [0.5, 0.6) is 11.5 Å². The van der Waals surface area contributed by atoms with Crippen molar-refractivity contribution in [2.24, 2.45) is 0 Å². The molecule has 0 aromatic heterocycles. The van der Waals surface area contributed by atoms with Crippen molar-refractivity contribution in [1.82, 2.24) is 0 Å². The Labute approximate surface area is 204 Å². The number of hydrogen-bond acceptors (Lipinski definition) is 5. The number of alkyl halides is 3. The van der Waals surface area contributed by atoms with Crippen molar-refractivity contribution in [3.63, 3.8) is 0 Å². The topological polar surface area (TPSA) is 76.1 Å². The number of rotatable bonds is 4. The molecule has 0 spiro atoms. The van der Waals surface area contributed by atoms with Crippen molar-refractivity contribution >= 4 is 23.1 Å². The fourth-order valence-corrected chi connectivity index (χ4v) is 4.54. The van der Waals surface area contributed by atoms with E-state index in [1.165, 1.54) is 12.1 Å². The summed E-state index contributed by atoms with van der Waals surface area (Å²) in [7, 11) is 0. The molecule has 3 aromatic rings. The van der Waals surface area contributed by atoms with E-state index >= 15 is 0 Å². The van der Waals surface area contributed by atoms with Gasteiger partial charge in [0.25, 0.3) is 11.7 Å². The number of ether oxygens (including phenoxy) is 2. The number of aliphatic hydroxyl groups excluding tert-OH is 1. The number of fused-ring (bicyclic) bond motifs is 1. The SMILES string of the molecule is O=C1C(=O)N(c2cccc(OC(F)(F)F)c2)C(c2ccccc2)/C1=C(/O)c1ccc2c(c1)CCCO2. The summed E-state index contributed by atoms with van der Waals surface area (Å²) in [5, 5.41) is 11.3. The van der Waals surface area contributed by atoms with Crippen LogP contribution >= 0.6 is 0 Å². The number of hydrogen-bond donors (Lipinski definition) is 1. The second kappa shape index (κ2) is 9.07. The molecule has 184 valence electrons. The summed E-state index contributed by atoms with van der Waals surface area (Å²) in [6.45, 7) is 0.592. The first-order chi connectivity index (χ1) is 17.2. The molecule has 0 aliphatic carbocycles. The Kier molecular flexibility index (Phi) is 5.91. The first-order valence-electron chi connectivity index (χ1n) is 11.2. The van der Waals surface area contributed by atoms with Crippen molar-refractivity contribution < 1.29 is 37.3 Å². The fourth-order valence-electron chi connectivity index (χ4n) is 4.54. The average Bonchev–Trinajstić information content (AvgIpc) is 3.13. The molecule has 3 aromatic carbocycles. The average molecular weight is 495 g/mol. The van der Waals surface area contributed by atoms with Crippen molar-refractivity contribution in [3.8, 4) is 11.5 Å². The number of amides is 1. The molecule has 1 N–H and O–H groups in total. The minimum atomic E-state index is -4.93. The Balaban J connectivity index is 1.65. The van der Waals surface area contributed by atoms with Crippen LogP contribution in [-0.2, 0) is 16.0 Å². The summed E-state index contributed by atoms with van der Waals surface area (Å²) in [4.78, 5) is 27.5. The Bertz CT molecular complexity index is 1370. The molecule has 2 aliphatic rings. The quantitative estimate of drug-likeness (QED) is 0.292. The first-order valence-corrected chi connectivity index (χ1v) is 11.2. The number of halogens is 3. The summed E-state index contributed by atoms with van der Waals surface area (Å²) < 4.78 is 48.0. The minimum absolute atomic E-state index is 0.0191. The zero-order valence-electron chi connectivity index (χ0n) is 18.8. The normalized spacial score (nSPS) is 19.1. The van der Waals surface area contributed by atoms with E-state index in [2.05, 4.69) is 4.74 Å². The molecule has 0 radical (unpaired) electrons. The lowest BCUT2D eigenvalue weighted by atomic mass is 9.94. The van der Waals surface area contributed by atoms with E-state index in [0.717, 1.165) is 35.4 Å². The van der Waals surface area contributed by atoms with Gasteiger partial charge in [-0.2, -0.15) is 0 Å². The van der Waals surface area contributed by atoms with Gasteiger partial charge in [0.05, 0.1) is 18.2 Å². The van der Waals surface area contributed by atoms with Gasteiger partial charge in [0.2, 0.25) is 0 Å². The number of carbonyl (C=O) groups excluding carboxylic acids is 2. The molecule has 2 aliphatic heterocycles. The fraction of sp³-hybridized carbons (Fsp3) is 0.185. The highest BCUT2D eigenvalue weighted by molar-refractivity contribution is 6.51. The second-order valence-corrected chi connectivity index (χ2v) is 8.40. The molecular formula is C27H20F3NO5. The molecule has 0 bridgehead atoms. The maximum absolute atomic E-state index is 13.2. The van der Waals surface area contributed by atoms with E-state index in [4.69, 9.17) is 4.74 Å². The van der Waals surface area contributed by atoms with Crippen LogP contribution in [0.2, 0.25) is 0 Å². The van der Waals surface area contributed by atoms with Crippen LogP contribution in [-0.4, -0.2) is 29.8 Å². The lowest BCUT2D eigenvalue weighted by molar-refractivity contribution is -0.274. The molecule has 2 heterocycles. The molecule has 1 saturated heterocycles. The molecule has 1 fully saturated rings. The van der Waals surface area contributed by atoms with Crippen LogP contribution in [0.15, 0.2) is 78.4 Å². The summed E-state index contributed by atoms with van der Waals surface area (Å²) in [5.74, 6) is -2.14. The monoisotopic (exact) mass is 495 g/mol. The smallest absolute Gasteiger partial charge is 0.507 e. The van der Waals surface area contributed by atoms with Crippen molar-refractivity contribution in [1.29, 1.82) is 0 Å². The van der Waals surface area contributed by atoms with Gasteiger partial charge in [-0.05, 0) is 54.3 Å². The van der Waals surface area contributed by atoms with Crippen LogP contribution in [0.25, 0.3) is 5.76 Å². The lowest BCUT2D eigenvalue weighted by Crippen LogP contribution is -2.29. The Morgan fingerprint density at radius 2 is 1.78 bits per heavy atom. The number of anilines is 1. The highest BCUT2D eigenvalue weighted by atomic mass is 19.4. The molecule has 1 amide bonds. The van der Waals surface area contributed by atoms with Crippen LogP contribution in [0.3, 0.4) is 0 Å². The number of nitrogens with zero attached hydrogens (tertiary/aromatic N) is 1. The van der Waals surface area contributed by atoms with E-state index in [-0.39, 0.29) is 17.0 Å². The van der Waals surface area contributed by atoms with Gasteiger partial charge in [-0.1, -0.05) is 36.4 Å². The van der Waals surface area contributed by atoms with Crippen molar-refractivity contribution in [2.45, 2.75) is 25.2 Å². The zero-order valence-corrected chi connectivity index (χ0v) is 18.8. The van der Waals surface area contributed by atoms with Crippen LogP contribution in [0.1, 0.15) is 29.2 Å². The van der Waals surface area contributed by atoms with Gasteiger partial charge in [-0.15, -0.1) is 13.2 Å². The third kappa shape index (κ3) is 4.39. The zero-order chi connectivity index (χ0) is 25.4. The Morgan fingerprint density at radius 1 is 1.00 bits per heavy atom. The van der Waals surface area contributed by atoms with E-state index < -0.39 is 29.8 Å². The molecule has 6 nitrogen and oxygen atoms in total. The van der Waals surface area contributed by atoms with E-state index in [1.54, 1.807) is 48.5 Å². The van der Waals surface area contributed by atoms with Gasteiger partial charge in [0.15, 0.2) is 0 Å². The summed E-state index contributed by atoms with van der Waals surface area (Å²) >= 11 is 0. The predicted molar refractivity (Wildman–Crippen MR) is 125 cm³/mol. The maximum Gasteiger partial charge on any atom is 0.573 e. The van der Waals surface area contributed by atoms with Gasteiger partial charge < -0.3 is 14.6 Å². The number of aryl methyl sites for hydroxylation is 1. The van der Waals surface area contributed by atoms with E-state index in [0.29, 0.717) is 23.5 Å². The largest absolute Gasteiger partial charge is 0.573 e. The standard InChI is InChI=1S/C27H20F3NO5/c28-27(29,30)36-20-10-4-9-19(15-20)31-23(16-6-2-1-3-7-16)22(25(33)26(31)34)24(32)18-11-12-21-17(14-18)8-5-13-35-21/h1-4,6-7,9-12,14-15,23,32H,5,8,13H2/b24-22-.